The van der Waals surface area contributed by atoms with Crippen LogP contribution in [0.3, 0.4) is 0 Å². The average molecular weight is 172 g/mol. The van der Waals surface area contributed by atoms with Gasteiger partial charge in [0, 0.05) is 0 Å². The van der Waals surface area contributed by atoms with Crippen LogP contribution in [0.2, 0.25) is 0 Å². The summed E-state index contributed by atoms with van der Waals surface area (Å²) < 4.78 is 11.2. The first-order valence-electron chi connectivity index (χ1n) is 4.93. The van der Waals surface area contributed by atoms with Crippen molar-refractivity contribution in [1.29, 1.82) is 0 Å². The summed E-state index contributed by atoms with van der Waals surface area (Å²) in [6.07, 6.45) is 4.51. The molecule has 1 heterocycles. The molecule has 0 amide bonds. The number of rotatable bonds is 3. The molecule has 12 heavy (non-hydrogen) atoms. The lowest BCUT2D eigenvalue weighted by atomic mass is 10.0. The van der Waals surface area contributed by atoms with Crippen LogP contribution in [0.15, 0.2) is 0 Å². The lowest BCUT2D eigenvalue weighted by Gasteiger charge is -2.35. The zero-order valence-electron chi connectivity index (χ0n) is 8.43. The lowest BCUT2D eigenvalue weighted by molar-refractivity contribution is -0.246. The van der Waals surface area contributed by atoms with Gasteiger partial charge in [0.2, 0.25) is 0 Å². The highest BCUT2D eigenvalue weighted by atomic mass is 16.7. The third-order valence-corrected chi connectivity index (χ3v) is 2.25. The van der Waals surface area contributed by atoms with Crippen molar-refractivity contribution >= 4 is 0 Å². The third kappa shape index (κ3) is 3.11. The summed E-state index contributed by atoms with van der Waals surface area (Å²) in [5, 5.41) is 0. The molecule has 0 aliphatic carbocycles. The molecule has 1 rings (SSSR count). The molecule has 1 saturated heterocycles. The van der Waals surface area contributed by atoms with E-state index in [2.05, 4.69) is 20.8 Å². The molecule has 1 aliphatic rings. The van der Waals surface area contributed by atoms with Crippen LogP contribution in [0.4, 0.5) is 0 Å². The zero-order chi connectivity index (χ0) is 9.03. The SMILES string of the molecule is CCCC[C@H]1OCCC(C)(C)O1. The Balaban J connectivity index is 2.26. The molecule has 1 aliphatic heterocycles. The highest BCUT2D eigenvalue weighted by molar-refractivity contribution is 4.72. The van der Waals surface area contributed by atoms with Crippen LogP contribution in [-0.4, -0.2) is 18.5 Å². The summed E-state index contributed by atoms with van der Waals surface area (Å²) >= 11 is 0. The summed E-state index contributed by atoms with van der Waals surface area (Å²) in [5.74, 6) is 0. The van der Waals surface area contributed by atoms with Gasteiger partial charge in [-0.2, -0.15) is 0 Å². The van der Waals surface area contributed by atoms with Gasteiger partial charge < -0.3 is 9.47 Å². The number of hydrogen-bond donors (Lipinski definition) is 0. The minimum Gasteiger partial charge on any atom is -0.353 e. The van der Waals surface area contributed by atoms with Gasteiger partial charge in [0.05, 0.1) is 12.2 Å². The van der Waals surface area contributed by atoms with E-state index in [1.54, 1.807) is 0 Å². The van der Waals surface area contributed by atoms with Crippen molar-refractivity contribution < 1.29 is 9.47 Å². The first-order chi connectivity index (χ1) is 5.64. The van der Waals surface area contributed by atoms with Crippen molar-refractivity contribution in [2.24, 2.45) is 0 Å². The molecule has 0 unspecified atom stereocenters. The molecule has 0 aromatic heterocycles. The Hall–Kier alpha value is -0.0800. The van der Waals surface area contributed by atoms with Gasteiger partial charge in [-0.3, -0.25) is 0 Å². The van der Waals surface area contributed by atoms with Gasteiger partial charge in [0.1, 0.15) is 0 Å². The standard InChI is InChI=1S/C10H20O2/c1-4-5-6-9-11-8-7-10(2,3)12-9/h9H,4-8H2,1-3H3/t9-/m0/s1. The van der Waals surface area contributed by atoms with Gasteiger partial charge in [-0.25, -0.2) is 0 Å². The van der Waals surface area contributed by atoms with Gasteiger partial charge in [-0.05, 0) is 33.1 Å². The fourth-order valence-electron chi connectivity index (χ4n) is 1.40. The molecule has 0 N–H and O–H groups in total. The number of unbranched alkanes of at least 4 members (excludes halogenated alkanes) is 1. The maximum atomic E-state index is 5.75. The van der Waals surface area contributed by atoms with Gasteiger partial charge in [0.15, 0.2) is 6.29 Å². The van der Waals surface area contributed by atoms with Crippen molar-refractivity contribution in [3.8, 4) is 0 Å². The molecule has 0 aromatic rings. The van der Waals surface area contributed by atoms with Crippen molar-refractivity contribution in [3.63, 3.8) is 0 Å². The third-order valence-electron chi connectivity index (χ3n) is 2.25. The second-order valence-corrected chi connectivity index (χ2v) is 4.07. The smallest absolute Gasteiger partial charge is 0.158 e. The van der Waals surface area contributed by atoms with Crippen LogP contribution in [0.25, 0.3) is 0 Å². The summed E-state index contributed by atoms with van der Waals surface area (Å²) in [6, 6.07) is 0. The van der Waals surface area contributed by atoms with Crippen LogP contribution in [0, 0.1) is 0 Å². The molecule has 2 heteroatoms. The minimum absolute atomic E-state index is 0.0245. The first-order valence-corrected chi connectivity index (χ1v) is 4.93. The predicted octanol–water partition coefficient (Wildman–Crippen LogP) is 2.72. The van der Waals surface area contributed by atoms with E-state index in [-0.39, 0.29) is 11.9 Å². The minimum atomic E-state index is 0.0245. The molecule has 1 atom stereocenters. The van der Waals surface area contributed by atoms with Crippen LogP contribution < -0.4 is 0 Å². The normalized spacial score (nSPS) is 28.8. The van der Waals surface area contributed by atoms with Crippen molar-refractivity contribution in [2.45, 2.75) is 58.3 Å². The second kappa shape index (κ2) is 4.24. The molecule has 72 valence electrons. The lowest BCUT2D eigenvalue weighted by Crippen LogP contribution is -2.38. The van der Waals surface area contributed by atoms with Crippen molar-refractivity contribution in [1.82, 2.24) is 0 Å². The number of ether oxygens (including phenoxy) is 2. The quantitative estimate of drug-likeness (QED) is 0.651. The maximum Gasteiger partial charge on any atom is 0.158 e. The molecule has 0 radical (unpaired) electrons. The highest BCUT2D eigenvalue weighted by Gasteiger charge is 2.28. The van der Waals surface area contributed by atoms with Gasteiger partial charge in [0.25, 0.3) is 0 Å². The van der Waals surface area contributed by atoms with Crippen LogP contribution in [0.1, 0.15) is 46.5 Å². The molecular formula is C10H20O2. The van der Waals surface area contributed by atoms with Gasteiger partial charge >= 0.3 is 0 Å². The molecule has 0 spiro atoms. The van der Waals surface area contributed by atoms with E-state index in [0.717, 1.165) is 19.4 Å². The van der Waals surface area contributed by atoms with Crippen molar-refractivity contribution in [2.75, 3.05) is 6.61 Å². The van der Waals surface area contributed by atoms with Gasteiger partial charge in [-0.1, -0.05) is 13.3 Å². The van der Waals surface area contributed by atoms with Gasteiger partial charge in [-0.15, -0.1) is 0 Å². The van der Waals surface area contributed by atoms with E-state index in [0.29, 0.717) is 0 Å². The number of hydrogen-bond acceptors (Lipinski definition) is 2. The Labute approximate surface area is 75.2 Å². The van der Waals surface area contributed by atoms with E-state index in [1.165, 1.54) is 12.8 Å². The Morgan fingerprint density at radius 2 is 2.17 bits per heavy atom. The second-order valence-electron chi connectivity index (χ2n) is 4.07. The molecule has 1 fully saturated rings. The first kappa shape index (κ1) is 10.0. The Bertz CT molecular complexity index is 132. The Kier molecular flexibility index (Phi) is 3.53. The molecule has 0 bridgehead atoms. The summed E-state index contributed by atoms with van der Waals surface area (Å²) in [4.78, 5) is 0. The fourth-order valence-corrected chi connectivity index (χ4v) is 1.40. The topological polar surface area (TPSA) is 18.5 Å². The van der Waals surface area contributed by atoms with E-state index in [1.807, 2.05) is 0 Å². The predicted molar refractivity (Wildman–Crippen MR) is 49.0 cm³/mol. The molecule has 0 aromatic carbocycles. The fraction of sp³-hybridized carbons (Fsp3) is 1.00. The van der Waals surface area contributed by atoms with Crippen molar-refractivity contribution in [3.05, 3.63) is 0 Å². The van der Waals surface area contributed by atoms with E-state index in [4.69, 9.17) is 9.47 Å². The largest absolute Gasteiger partial charge is 0.353 e. The molecule has 2 nitrogen and oxygen atoms in total. The summed E-state index contributed by atoms with van der Waals surface area (Å²) in [5.41, 5.74) is 0.0245. The molecule has 0 saturated carbocycles. The van der Waals surface area contributed by atoms with E-state index < -0.39 is 0 Å². The maximum absolute atomic E-state index is 5.75. The molecular weight excluding hydrogens is 152 g/mol. The van der Waals surface area contributed by atoms with E-state index >= 15 is 0 Å². The Morgan fingerprint density at radius 3 is 2.75 bits per heavy atom. The zero-order valence-corrected chi connectivity index (χ0v) is 8.43. The van der Waals surface area contributed by atoms with E-state index in [9.17, 15) is 0 Å². The average Bonchev–Trinajstić information content (AvgIpc) is 1.99. The summed E-state index contributed by atoms with van der Waals surface area (Å²) in [7, 11) is 0. The van der Waals surface area contributed by atoms with Crippen LogP contribution in [-0.2, 0) is 9.47 Å². The highest BCUT2D eigenvalue weighted by Crippen LogP contribution is 2.25. The van der Waals surface area contributed by atoms with Crippen LogP contribution >= 0.6 is 0 Å². The van der Waals surface area contributed by atoms with Crippen LogP contribution in [0.5, 0.6) is 0 Å². The summed E-state index contributed by atoms with van der Waals surface area (Å²) in [6.45, 7) is 7.30. The monoisotopic (exact) mass is 172 g/mol. The Morgan fingerprint density at radius 1 is 1.42 bits per heavy atom.